The van der Waals surface area contributed by atoms with E-state index in [-0.39, 0.29) is 0 Å². The van der Waals surface area contributed by atoms with Crippen molar-refractivity contribution in [2.45, 2.75) is 20.4 Å². The van der Waals surface area contributed by atoms with Crippen LogP contribution in [0.3, 0.4) is 0 Å². The van der Waals surface area contributed by atoms with Gasteiger partial charge in [-0.25, -0.2) is 4.98 Å². The summed E-state index contributed by atoms with van der Waals surface area (Å²) in [6.45, 7) is 6.09. The summed E-state index contributed by atoms with van der Waals surface area (Å²) in [5, 5.41) is 7.54. The molecule has 17 heavy (non-hydrogen) atoms. The Bertz CT molecular complexity index is 450. The van der Waals surface area contributed by atoms with Crippen molar-refractivity contribution < 1.29 is 0 Å². The van der Waals surface area contributed by atoms with Gasteiger partial charge in [0.2, 0.25) is 0 Å². The van der Waals surface area contributed by atoms with Crippen LogP contribution >= 0.6 is 0 Å². The molecule has 90 valence electrons. The molecule has 0 spiro atoms. The van der Waals surface area contributed by atoms with E-state index in [9.17, 15) is 0 Å². The molecule has 0 aromatic carbocycles. The molecule has 0 aliphatic rings. The molecular formula is C13H18N4. The molecule has 1 unspecified atom stereocenters. The van der Waals surface area contributed by atoms with Gasteiger partial charge in [-0.15, -0.1) is 0 Å². The Morgan fingerprint density at radius 2 is 2.29 bits per heavy atom. The average molecular weight is 230 g/mol. The first-order valence-corrected chi connectivity index (χ1v) is 5.88. The zero-order valence-corrected chi connectivity index (χ0v) is 10.3. The van der Waals surface area contributed by atoms with Gasteiger partial charge in [0.15, 0.2) is 0 Å². The summed E-state index contributed by atoms with van der Waals surface area (Å²) in [7, 11) is 0. The topological polar surface area (TPSA) is 42.7 Å². The Morgan fingerprint density at radius 1 is 1.41 bits per heavy atom. The minimum absolute atomic E-state index is 0.511. The quantitative estimate of drug-likeness (QED) is 0.857. The molecule has 4 nitrogen and oxygen atoms in total. The predicted octanol–water partition coefficient (Wildman–Crippen LogP) is 2.33. The van der Waals surface area contributed by atoms with E-state index in [1.165, 1.54) is 5.56 Å². The van der Waals surface area contributed by atoms with Gasteiger partial charge in [0, 0.05) is 31.7 Å². The minimum Gasteiger partial charge on any atom is -0.370 e. The lowest BCUT2D eigenvalue weighted by Crippen LogP contribution is -2.17. The first-order chi connectivity index (χ1) is 8.24. The van der Waals surface area contributed by atoms with Gasteiger partial charge in [-0.05, 0) is 36.6 Å². The first-order valence-electron chi connectivity index (χ1n) is 5.88. The van der Waals surface area contributed by atoms with Crippen molar-refractivity contribution in [1.29, 1.82) is 0 Å². The molecule has 2 heterocycles. The van der Waals surface area contributed by atoms with Crippen molar-refractivity contribution >= 4 is 5.82 Å². The molecule has 2 rings (SSSR count). The van der Waals surface area contributed by atoms with E-state index in [1.807, 2.05) is 35.4 Å². The summed E-state index contributed by atoms with van der Waals surface area (Å²) < 4.78 is 1.95. The standard InChI is InChI=1S/C13H18N4/c1-11-4-6-14-13(8-11)15-9-12(2)10-17-7-3-5-16-17/h3-8,12H,9-10H2,1-2H3,(H,14,15). The third kappa shape index (κ3) is 3.59. The number of anilines is 1. The van der Waals surface area contributed by atoms with Crippen LogP contribution in [0.5, 0.6) is 0 Å². The molecule has 4 heteroatoms. The maximum atomic E-state index is 4.28. The number of hydrogen-bond acceptors (Lipinski definition) is 3. The van der Waals surface area contributed by atoms with E-state index in [0.29, 0.717) is 5.92 Å². The molecule has 0 fully saturated rings. The second-order valence-electron chi connectivity index (χ2n) is 4.43. The number of hydrogen-bond donors (Lipinski definition) is 1. The molecule has 0 aliphatic heterocycles. The van der Waals surface area contributed by atoms with E-state index in [0.717, 1.165) is 18.9 Å². The van der Waals surface area contributed by atoms with Crippen molar-refractivity contribution in [3.8, 4) is 0 Å². The van der Waals surface area contributed by atoms with Crippen molar-refractivity contribution in [3.05, 3.63) is 42.4 Å². The molecule has 0 amide bonds. The van der Waals surface area contributed by atoms with Gasteiger partial charge in [-0.2, -0.15) is 5.10 Å². The molecule has 0 radical (unpaired) electrons. The monoisotopic (exact) mass is 230 g/mol. The first kappa shape index (κ1) is 11.6. The van der Waals surface area contributed by atoms with E-state index >= 15 is 0 Å². The molecule has 0 saturated heterocycles. The van der Waals surface area contributed by atoms with Crippen molar-refractivity contribution in [2.24, 2.45) is 5.92 Å². The van der Waals surface area contributed by atoms with Crippen LogP contribution in [0.1, 0.15) is 12.5 Å². The molecule has 2 aromatic heterocycles. The van der Waals surface area contributed by atoms with Crippen LogP contribution in [-0.4, -0.2) is 21.3 Å². The van der Waals surface area contributed by atoms with Crippen molar-refractivity contribution in [2.75, 3.05) is 11.9 Å². The summed E-state index contributed by atoms with van der Waals surface area (Å²) in [4.78, 5) is 4.28. The van der Waals surface area contributed by atoms with Gasteiger partial charge in [0.05, 0.1) is 0 Å². The van der Waals surface area contributed by atoms with E-state index < -0.39 is 0 Å². The number of aryl methyl sites for hydroxylation is 1. The molecule has 0 saturated carbocycles. The van der Waals surface area contributed by atoms with Gasteiger partial charge < -0.3 is 5.32 Å². The largest absolute Gasteiger partial charge is 0.370 e. The van der Waals surface area contributed by atoms with Crippen LogP contribution in [0.15, 0.2) is 36.8 Å². The molecule has 1 atom stereocenters. The van der Waals surface area contributed by atoms with Gasteiger partial charge >= 0.3 is 0 Å². The van der Waals surface area contributed by atoms with Gasteiger partial charge in [0.25, 0.3) is 0 Å². The summed E-state index contributed by atoms with van der Waals surface area (Å²) in [6.07, 6.45) is 5.62. The summed E-state index contributed by atoms with van der Waals surface area (Å²) in [5.41, 5.74) is 1.22. The zero-order valence-electron chi connectivity index (χ0n) is 10.3. The highest BCUT2D eigenvalue weighted by Crippen LogP contribution is 2.07. The molecule has 2 aromatic rings. The number of pyridine rings is 1. The lowest BCUT2D eigenvalue weighted by Gasteiger charge is -2.13. The number of aromatic nitrogens is 3. The van der Waals surface area contributed by atoms with Gasteiger partial charge in [-0.3, -0.25) is 4.68 Å². The second-order valence-corrected chi connectivity index (χ2v) is 4.43. The fraction of sp³-hybridized carbons (Fsp3) is 0.385. The summed E-state index contributed by atoms with van der Waals surface area (Å²) >= 11 is 0. The van der Waals surface area contributed by atoms with Crippen LogP contribution < -0.4 is 5.32 Å². The van der Waals surface area contributed by atoms with E-state index in [2.05, 4.69) is 35.3 Å². The third-order valence-corrected chi connectivity index (χ3v) is 2.61. The summed E-state index contributed by atoms with van der Waals surface area (Å²) in [5.74, 6) is 1.45. The Morgan fingerprint density at radius 3 is 3.00 bits per heavy atom. The highest BCUT2D eigenvalue weighted by atomic mass is 15.3. The SMILES string of the molecule is Cc1ccnc(NCC(C)Cn2cccn2)c1. The second kappa shape index (κ2) is 5.48. The van der Waals surface area contributed by atoms with Crippen LogP contribution in [-0.2, 0) is 6.54 Å². The zero-order chi connectivity index (χ0) is 12.1. The molecule has 1 N–H and O–H groups in total. The van der Waals surface area contributed by atoms with E-state index in [4.69, 9.17) is 0 Å². The number of rotatable bonds is 5. The van der Waals surface area contributed by atoms with Gasteiger partial charge in [0.1, 0.15) is 5.82 Å². The Balaban J connectivity index is 1.82. The number of nitrogens with zero attached hydrogens (tertiary/aromatic N) is 3. The minimum atomic E-state index is 0.511. The fourth-order valence-corrected chi connectivity index (χ4v) is 1.70. The van der Waals surface area contributed by atoms with Crippen LogP contribution in [0.2, 0.25) is 0 Å². The maximum absolute atomic E-state index is 4.28. The third-order valence-electron chi connectivity index (χ3n) is 2.61. The molecule has 0 aliphatic carbocycles. The highest BCUT2D eigenvalue weighted by Gasteiger charge is 2.03. The summed E-state index contributed by atoms with van der Waals surface area (Å²) in [6, 6.07) is 6.00. The van der Waals surface area contributed by atoms with Crippen molar-refractivity contribution in [1.82, 2.24) is 14.8 Å². The molecule has 0 bridgehead atoms. The lowest BCUT2D eigenvalue weighted by atomic mass is 10.2. The maximum Gasteiger partial charge on any atom is 0.126 e. The van der Waals surface area contributed by atoms with Crippen LogP contribution in [0.4, 0.5) is 5.82 Å². The van der Waals surface area contributed by atoms with Crippen LogP contribution in [0, 0.1) is 12.8 Å². The van der Waals surface area contributed by atoms with Crippen LogP contribution in [0.25, 0.3) is 0 Å². The van der Waals surface area contributed by atoms with Crippen molar-refractivity contribution in [3.63, 3.8) is 0 Å². The fourth-order valence-electron chi connectivity index (χ4n) is 1.70. The molecular weight excluding hydrogens is 212 g/mol. The predicted molar refractivity (Wildman–Crippen MR) is 68.9 cm³/mol. The smallest absolute Gasteiger partial charge is 0.126 e. The Hall–Kier alpha value is -1.84. The number of nitrogens with one attached hydrogen (secondary N) is 1. The van der Waals surface area contributed by atoms with Gasteiger partial charge in [-0.1, -0.05) is 6.92 Å². The lowest BCUT2D eigenvalue weighted by molar-refractivity contribution is 0.467. The normalized spacial score (nSPS) is 12.4. The Labute approximate surface area is 102 Å². The average Bonchev–Trinajstić information content (AvgIpc) is 2.79. The highest BCUT2D eigenvalue weighted by molar-refractivity contribution is 5.36. The van der Waals surface area contributed by atoms with E-state index in [1.54, 1.807) is 0 Å². The Kier molecular flexibility index (Phi) is 3.75.